The van der Waals surface area contributed by atoms with Crippen LogP contribution in [0.4, 0.5) is 11.4 Å². The zero-order chi connectivity index (χ0) is 25.7. The molecule has 0 radical (unpaired) electrons. The Balaban J connectivity index is 1.32. The molecule has 0 unspecified atom stereocenters. The number of carbonyl (C=O) groups is 3. The summed E-state index contributed by atoms with van der Waals surface area (Å²) in [7, 11) is 1.65. The minimum atomic E-state index is -0.808. The second-order valence-corrected chi connectivity index (χ2v) is 9.48. The lowest BCUT2D eigenvalue weighted by Crippen LogP contribution is -2.60. The van der Waals surface area contributed by atoms with Crippen LogP contribution < -0.4 is 20.3 Å². The lowest BCUT2D eigenvalue weighted by molar-refractivity contribution is -0.145. The van der Waals surface area contributed by atoms with E-state index < -0.39 is 6.04 Å². The van der Waals surface area contributed by atoms with Gasteiger partial charge < -0.3 is 25.2 Å². The molecule has 9 nitrogen and oxygen atoms in total. The molecule has 0 saturated carbocycles. The molecule has 2 saturated heterocycles. The molecular formula is C27H35N5O4. The molecule has 2 aliphatic heterocycles. The monoisotopic (exact) mass is 493 g/mol. The molecule has 192 valence electrons. The van der Waals surface area contributed by atoms with Crippen LogP contribution >= 0.6 is 0 Å². The number of anilines is 2. The number of rotatable bonds is 7. The summed E-state index contributed by atoms with van der Waals surface area (Å²) in [6, 6.07) is 13.0. The number of ether oxygens (including phenoxy) is 1. The standard InChI is InChI=1S/C27H35N5O4/c1-19-14-20(2)16-21(15-19)29-25(33)17-24-27(35)28-8-9-32(24)26(34)18-30-10-12-31(13-11-30)22-4-6-23(36-3)7-5-22/h4-7,14-16,24H,8-13,17-18H2,1-3H3,(H,28,35)(H,29,33)/t24-/m1/s1. The number of benzene rings is 2. The second-order valence-electron chi connectivity index (χ2n) is 9.48. The summed E-state index contributed by atoms with van der Waals surface area (Å²) < 4.78 is 5.23. The van der Waals surface area contributed by atoms with Crippen LogP contribution in [-0.4, -0.2) is 86.5 Å². The molecule has 9 heteroatoms. The fraction of sp³-hybridized carbons (Fsp3) is 0.444. The summed E-state index contributed by atoms with van der Waals surface area (Å²) in [5, 5.41) is 5.68. The summed E-state index contributed by atoms with van der Waals surface area (Å²) >= 11 is 0. The molecule has 1 atom stereocenters. The van der Waals surface area contributed by atoms with Crippen molar-refractivity contribution in [3.8, 4) is 5.75 Å². The number of methoxy groups -OCH3 is 1. The SMILES string of the molecule is COc1ccc(N2CCN(CC(=O)N3CCNC(=O)[C@H]3CC(=O)Nc3cc(C)cc(C)c3)CC2)cc1. The van der Waals surface area contributed by atoms with Crippen molar-refractivity contribution < 1.29 is 19.1 Å². The van der Waals surface area contributed by atoms with Crippen LogP contribution in [0.25, 0.3) is 0 Å². The van der Waals surface area contributed by atoms with Gasteiger partial charge in [0.25, 0.3) is 0 Å². The molecule has 2 heterocycles. The highest BCUT2D eigenvalue weighted by Crippen LogP contribution is 2.21. The van der Waals surface area contributed by atoms with Gasteiger partial charge in [-0.3, -0.25) is 19.3 Å². The van der Waals surface area contributed by atoms with Crippen LogP contribution in [0.1, 0.15) is 17.5 Å². The number of hydrogen-bond donors (Lipinski definition) is 2. The molecule has 2 N–H and O–H groups in total. The third kappa shape index (κ3) is 6.34. The van der Waals surface area contributed by atoms with E-state index in [1.54, 1.807) is 12.0 Å². The van der Waals surface area contributed by atoms with Crippen LogP contribution in [0.15, 0.2) is 42.5 Å². The van der Waals surface area contributed by atoms with Crippen molar-refractivity contribution in [1.29, 1.82) is 0 Å². The molecule has 0 bridgehead atoms. The summed E-state index contributed by atoms with van der Waals surface area (Å²) in [6.07, 6.45) is -0.0736. The van der Waals surface area contributed by atoms with Gasteiger partial charge in [-0.05, 0) is 61.4 Å². The minimum Gasteiger partial charge on any atom is -0.497 e. The van der Waals surface area contributed by atoms with E-state index >= 15 is 0 Å². The number of aryl methyl sites for hydroxylation is 2. The highest BCUT2D eigenvalue weighted by molar-refractivity contribution is 5.97. The van der Waals surface area contributed by atoms with Gasteiger partial charge in [0.1, 0.15) is 11.8 Å². The number of nitrogens with zero attached hydrogens (tertiary/aromatic N) is 3. The van der Waals surface area contributed by atoms with Crippen molar-refractivity contribution in [3.05, 3.63) is 53.6 Å². The van der Waals surface area contributed by atoms with E-state index in [0.717, 1.165) is 48.7 Å². The highest BCUT2D eigenvalue weighted by Gasteiger charge is 2.35. The van der Waals surface area contributed by atoms with Gasteiger partial charge in [-0.15, -0.1) is 0 Å². The van der Waals surface area contributed by atoms with E-state index in [0.29, 0.717) is 18.8 Å². The first-order valence-electron chi connectivity index (χ1n) is 12.4. The van der Waals surface area contributed by atoms with Crippen molar-refractivity contribution in [2.75, 3.05) is 63.1 Å². The molecule has 0 aromatic heterocycles. The molecule has 2 aliphatic rings. The topological polar surface area (TPSA) is 94.2 Å². The smallest absolute Gasteiger partial charge is 0.243 e. The molecule has 2 aromatic rings. The Labute approximate surface area is 212 Å². The summed E-state index contributed by atoms with van der Waals surface area (Å²) in [5.41, 5.74) is 3.92. The van der Waals surface area contributed by atoms with Gasteiger partial charge in [-0.1, -0.05) is 6.07 Å². The first-order valence-corrected chi connectivity index (χ1v) is 12.4. The number of piperazine rings is 2. The van der Waals surface area contributed by atoms with Gasteiger partial charge in [-0.2, -0.15) is 0 Å². The zero-order valence-corrected chi connectivity index (χ0v) is 21.3. The molecule has 2 fully saturated rings. The van der Waals surface area contributed by atoms with Crippen LogP contribution in [-0.2, 0) is 14.4 Å². The van der Waals surface area contributed by atoms with E-state index in [1.165, 1.54) is 0 Å². The van der Waals surface area contributed by atoms with Crippen LogP contribution in [0.3, 0.4) is 0 Å². The van der Waals surface area contributed by atoms with E-state index in [4.69, 9.17) is 4.74 Å². The van der Waals surface area contributed by atoms with Crippen molar-refractivity contribution in [2.45, 2.75) is 26.3 Å². The predicted molar refractivity (Wildman–Crippen MR) is 139 cm³/mol. The van der Waals surface area contributed by atoms with Crippen molar-refractivity contribution in [1.82, 2.24) is 15.1 Å². The number of nitrogens with one attached hydrogen (secondary N) is 2. The Morgan fingerprint density at radius 3 is 2.31 bits per heavy atom. The lowest BCUT2D eigenvalue weighted by atomic mass is 10.1. The summed E-state index contributed by atoms with van der Waals surface area (Å²) in [6.45, 7) is 8.07. The molecular weight excluding hydrogens is 458 g/mol. The second kappa shape index (κ2) is 11.4. The fourth-order valence-electron chi connectivity index (χ4n) is 4.89. The normalized spacial score (nSPS) is 18.5. The predicted octanol–water partition coefficient (Wildman–Crippen LogP) is 1.79. The van der Waals surface area contributed by atoms with E-state index in [1.807, 2.05) is 56.3 Å². The van der Waals surface area contributed by atoms with Crippen LogP contribution in [0.2, 0.25) is 0 Å². The van der Waals surface area contributed by atoms with E-state index in [-0.39, 0.29) is 30.7 Å². The Bertz CT molecular complexity index is 1080. The van der Waals surface area contributed by atoms with Crippen LogP contribution in [0.5, 0.6) is 5.75 Å². The van der Waals surface area contributed by atoms with Gasteiger partial charge in [0, 0.05) is 50.6 Å². The first kappa shape index (κ1) is 25.5. The number of hydrogen-bond acceptors (Lipinski definition) is 6. The van der Waals surface area contributed by atoms with Crippen molar-refractivity contribution in [3.63, 3.8) is 0 Å². The Morgan fingerprint density at radius 1 is 1.00 bits per heavy atom. The van der Waals surface area contributed by atoms with Crippen molar-refractivity contribution >= 4 is 29.1 Å². The molecule has 0 aliphatic carbocycles. The third-order valence-corrected chi connectivity index (χ3v) is 6.70. The summed E-state index contributed by atoms with van der Waals surface area (Å²) in [4.78, 5) is 44.6. The Morgan fingerprint density at radius 2 is 1.67 bits per heavy atom. The molecule has 36 heavy (non-hydrogen) atoms. The molecule has 2 aromatic carbocycles. The van der Waals surface area contributed by atoms with E-state index in [9.17, 15) is 14.4 Å². The maximum Gasteiger partial charge on any atom is 0.243 e. The Hall–Kier alpha value is -3.59. The third-order valence-electron chi connectivity index (χ3n) is 6.70. The highest BCUT2D eigenvalue weighted by atomic mass is 16.5. The van der Waals surface area contributed by atoms with Gasteiger partial charge in [0.05, 0.1) is 20.1 Å². The number of amides is 3. The average Bonchev–Trinajstić information content (AvgIpc) is 2.85. The molecule has 4 rings (SSSR count). The summed E-state index contributed by atoms with van der Waals surface area (Å²) in [5.74, 6) is 0.139. The van der Waals surface area contributed by atoms with Gasteiger partial charge >= 0.3 is 0 Å². The Kier molecular flexibility index (Phi) is 8.10. The fourth-order valence-corrected chi connectivity index (χ4v) is 4.89. The quantitative estimate of drug-likeness (QED) is 0.611. The zero-order valence-electron chi connectivity index (χ0n) is 21.3. The lowest BCUT2D eigenvalue weighted by Gasteiger charge is -2.39. The van der Waals surface area contributed by atoms with Gasteiger partial charge in [0.2, 0.25) is 17.7 Å². The average molecular weight is 494 g/mol. The largest absolute Gasteiger partial charge is 0.497 e. The minimum absolute atomic E-state index is 0.0736. The maximum atomic E-state index is 13.2. The number of carbonyl (C=O) groups excluding carboxylic acids is 3. The maximum absolute atomic E-state index is 13.2. The molecule has 3 amide bonds. The van der Waals surface area contributed by atoms with Gasteiger partial charge in [0.15, 0.2) is 0 Å². The van der Waals surface area contributed by atoms with Gasteiger partial charge in [-0.25, -0.2) is 0 Å². The van der Waals surface area contributed by atoms with E-state index in [2.05, 4.69) is 20.4 Å². The first-order chi connectivity index (χ1) is 17.3. The van der Waals surface area contributed by atoms with Crippen LogP contribution in [0, 0.1) is 13.8 Å². The molecule has 0 spiro atoms. The van der Waals surface area contributed by atoms with Crippen molar-refractivity contribution in [2.24, 2.45) is 0 Å².